The second-order valence-electron chi connectivity index (χ2n) is 7.35. The van der Waals surface area contributed by atoms with Crippen LogP contribution in [0, 0.1) is 0 Å². The minimum Gasteiger partial charge on any atom is -0.347 e. The van der Waals surface area contributed by atoms with Crippen LogP contribution in [0.1, 0.15) is 42.6 Å². The topological polar surface area (TPSA) is 54.3 Å². The zero-order valence-electron chi connectivity index (χ0n) is 17.9. The van der Waals surface area contributed by atoms with Gasteiger partial charge in [0, 0.05) is 48.4 Å². The van der Waals surface area contributed by atoms with E-state index in [1.54, 1.807) is 30.2 Å². The highest BCUT2D eigenvalue weighted by atomic mass is 16.2. The molecule has 1 heterocycles. The molecule has 0 spiro atoms. The quantitative estimate of drug-likeness (QED) is 0.555. The van der Waals surface area contributed by atoms with Crippen molar-refractivity contribution in [2.24, 2.45) is 0 Å². The van der Waals surface area contributed by atoms with E-state index in [-0.39, 0.29) is 17.5 Å². The number of para-hydroxylation sites is 1. The summed E-state index contributed by atoms with van der Waals surface area (Å²) in [6.45, 7) is 5.64. The third-order valence-electron chi connectivity index (χ3n) is 5.17. The predicted octanol–water partition coefficient (Wildman–Crippen LogP) is 4.69. The van der Waals surface area contributed by atoms with Crippen molar-refractivity contribution in [1.29, 1.82) is 0 Å². The molecule has 0 saturated heterocycles. The average molecular weight is 404 g/mol. The van der Waals surface area contributed by atoms with E-state index >= 15 is 0 Å². The number of nitrogens with one attached hydrogen (secondary N) is 1. The van der Waals surface area contributed by atoms with E-state index in [4.69, 9.17) is 0 Å². The van der Waals surface area contributed by atoms with Crippen LogP contribution in [0.2, 0.25) is 0 Å². The van der Waals surface area contributed by atoms with E-state index in [0.29, 0.717) is 12.1 Å². The first kappa shape index (κ1) is 21.4. The van der Waals surface area contributed by atoms with Crippen molar-refractivity contribution in [3.63, 3.8) is 0 Å². The van der Waals surface area contributed by atoms with E-state index in [0.717, 1.165) is 35.9 Å². The molecular weight excluding hydrogens is 374 g/mol. The fraction of sp³-hybridized carbons (Fsp3) is 0.280. The number of hydrogen-bond acceptors (Lipinski definition) is 2. The van der Waals surface area contributed by atoms with Crippen molar-refractivity contribution in [2.75, 3.05) is 13.6 Å². The summed E-state index contributed by atoms with van der Waals surface area (Å²) in [5.41, 5.74) is 2.81. The number of unbranched alkanes of at least 4 members (excludes halogenated alkanes) is 1. The first-order valence-electron chi connectivity index (χ1n) is 10.5. The Morgan fingerprint density at radius 2 is 1.73 bits per heavy atom. The Balaban J connectivity index is 2.00. The lowest BCUT2D eigenvalue weighted by molar-refractivity contribution is -0.126. The second-order valence-corrected chi connectivity index (χ2v) is 7.35. The van der Waals surface area contributed by atoms with Gasteiger partial charge >= 0.3 is 0 Å². The van der Waals surface area contributed by atoms with Gasteiger partial charge in [0.25, 0.3) is 11.8 Å². The van der Waals surface area contributed by atoms with Crippen molar-refractivity contribution in [2.45, 2.75) is 33.2 Å². The molecule has 0 aliphatic rings. The lowest BCUT2D eigenvalue weighted by Crippen LogP contribution is -2.36. The summed E-state index contributed by atoms with van der Waals surface area (Å²) in [7, 11) is 1.77. The standard InChI is InChI=1S/C25H29N3O2/c1-4-6-16-27(3)25(30)22(26-24(29)19-12-8-7-9-13-19)17-20-18-28(5-2)23-15-11-10-14-21(20)23/h7-15,17-18H,4-6,16H2,1-3H3,(H,26,29). The summed E-state index contributed by atoms with van der Waals surface area (Å²) in [6, 6.07) is 17.0. The molecule has 1 N–H and O–H groups in total. The molecule has 0 saturated carbocycles. The summed E-state index contributed by atoms with van der Waals surface area (Å²) in [6.07, 6.45) is 5.73. The average Bonchev–Trinajstić information content (AvgIpc) is 3.14. The second kappa shape index (κ2) is 9.92. The van der Waals surface area contributed by atoms with Crippen molar-refractivity contribution in [3.05, 3.63) is 77.6 Å². The van der Waals surface area contributed by atoms with Gasteiger partial charge in [-0.1, -0.05) is 49.7 Å². The maximum atomic E-state index is 13.2. The summed E-state index contributed by atoms with van der Waals surface area (Å²) in [5, 5.41) is 3.90. The number of aromatic nitrogens is 1. The van der Waals surface area contributed by atoms with Crippen LogP contribution in [-0.4, -0.2) is 34.9 Å². The van der Waals surface area contributed by atoms with E-state index in [2.05, 4.69) is 29.8 Å². The number of nitrogens with zero attached hydrogens (tertiary/aromatic N) is 2. The number of hydrogen-bond donors (Lipinski definition) is 1. The Morgan fingerprint density at radius 3 is 2.43 bits per heavy atom. The zero-order chi connectivity index (χ0) is 21.5. The molecule has 0 bridgehead atoms. The Labute approximate surface area is 178 Å². The molecule has 5 nitrogen and oxygen atoms in total. The smallest absolute Gasteiger partial charge is 0.270 e. The number of carbonyl (C=O) groups excluding carboxylic acids is 2. The van der Waals surface area contributed by atoms with Gasteiger partial charge < -0.3 is 14.8 Å². The third-order valence-corrected chi connectivity index (χ3v) is 5.17. The monoisotopic (exact) mass is 403 g/mol. The Morgan fingerprint density at radius 1 is 1.03 bits per heavy atom. The normalized spacial score (nSPS) is 11.5. The van der Waals surface area contributed by atoms with Gasteiger partial charge in [0.15, 0.2) is 0 Å². The highest BCUT2D eigenvalue weighted by molar-refractivity contribution is 6.06. The molecule has 0 fully saturated rings. The van der Waals surface area contributed by atoms with Gasteiger partial charge in [-0.05, 0) is 37.6 Å². The lowest BCUT2D eigenvalue weighted by Gasteiger charge is -2.19. The van der Waals surface area contributed by atoms with Crippen LogP contribution >= 0.6 is 0 Å². The Hall–Kier alpha value is -3.34. The van der Waals surface area contributed by atoms with Crippen LogP contribution in [0.3, 0.4) is 0 Å². The van der Waals surface area contributed by atoms with Crippen LogP contribution in [0.4, 0.5) is 0 Å². The van der Waals surface area contributed by atoms with Crippen molar-refractivity contribution in [1.82, 2.24) is 14.8 Å². The summed E-state index contributed by atoms with van der Waals surface area (Å²) >= 11 is 0. The molecule has 2 aromatic carbocycles. The van der Waals surface area contributed by atoms with Crippen molar-refractivity contribution in [3.8, 4) is 0 Å². The van der Waals surface area contributed by atoms with Crippen molar-refractivity contribution < 1.29 is 9.59 Å². The Kier molecular flexibility index (Phi) is 7.07. The number of benzene rings is 2. The number of amides is 2. The zero-order valence-corrected chi connectivity index (χ0v) is 17.9. The van der Waals surface area contributed by atoms with Crippen LogP contribution in [-0.2, 0) is 11.3 Å². The van der Waals surface area contributed by atoms with E-state index < -0.39 is 0 Å². The largest absolute Gasteiger partial charge is 0.347 e. The number of rotatable bonds is 8. The van der Waals surface area contributed by atoms with Crippen LogP contribution in [0.15, 0.2) is 66.5 Å². The first-order valence-corrected chi connectivity index (χ1v) is 10.5. The molecule has 5 heteroatoms. The van der Waals surface area contributed by atoms with Gasteiger partial charge in [0.1, 0.15) is 5.70 Å². The molecular formula is C25H29N3O2. The molecule has 0 radical (unpaired) electrons. The van der Waals surface area contributed by atoms with Gasteiger partial charge in [0.2, 0.25) is 0 Å². The molecule has 0 aliphatic heterocycles. The van der Waals surface area contributed by atoms with Gasteiger partial charge in [-0.2, -0.15) is 0 Å². The fourth-order valence-electron chi connectivity index (χ4n) is 3.45. The summed E-state index contributed by atoms with van der Waals surface area (Å²) in [4.78, 5) is 27.6. The number of likely N-dealkylation sites (N-methyl/N-ethyl adjacent to an activating group) is 1. The maximum absolute atomic E-state index is 13.2. The van der Waals surface area contributed by atoms with E-state index in [9.17, 15) is 9.59 Å². The van der Waals surface area contributed by atoms with Crippen LogP contribution in [0.5, 0.6) is 0 Å². The Bertz CT molecular complexity index is 1050. The summed E-state index contributed by atoms with van der Waals surface area (Å²) in [5.74, 6) is -0.487. The van der Waals surface area contributed by atoms with Crippen molar-refractivity contribution >= 4 is 28.8 Å². The lowest BCUT2D eigenvalue weighted by atomic mass is 10.1. The molecule has 0 atom stereocenters. The maximum Gasteiger partial charge on any atom is 0.270 e. The number of fused-ring (bicyclic) bond motifs is 1. The highest BCUT2D eigenvalue weighted by Crippen LogP contribution is 2.23. The van der Waals surface area contributed by atoms with Gasteiger partial charge in [0.05, 0.1) is 0 Å². The molecule has 0 aliphatic carbocycles. The molecule has 0 unspecified atom stereocenters. The number of aryl methyl sites for hydroxylation is 1. The molecule has 156 valence electrons. The fourth-order valence-corrected chi connectivity index (χ4v) is 3.45. The molecule has 1 aromatic heterocycles. The molecule has 3 aromatic rings. The first-order chi connectivity index (χ1) is 14.5. The summed E-state index contributed by atoms with van der Waals surface area (Å²) < 4.78 is 2.14. The molecule has 3 rings (SSSR count). The highest BCUT2D eigenvalue weighted by Gasteiger charge is 2.19. The molecule has 2 amide bonds. The SMILES string of the molecule is CCCCN(C)C(=O)C(=Cc1cn(CC)c2ccccc12)NC(=O)c1ccccc1. The molecule has 30 heavy (non-hydrogen) atoms. The van der Waals surface area contributed by atoms with Gasteiger partial charge in [-0.3, -0.25) is 9.59 Å². The number of carbonyl (C=O) groups is 2. The minimum atomic E-state index is -0.293. The van der Waals surface area contributed by atoms with Gasteiger partial charge in [-0.25, -0.2) is 0 Å². The van der Waals surface area contributed by atoms with Crippen LogP contribution < -0.4 is 5.32 Å². The predicted molar refractivity (Wildman–Crippen MR) is 122 cm³/mol. The van der Waals surface area contributed by atoms with E-state index in [1.807, 2.05) is 42.6 Å². The van der Waals surface area contributed by atoms with E-state index in [1.165, 1.54) is 0 Å². The minimum absolute atomic E-state index is 0.193. The third kappa shape index (κ3) is 4.79. The van der Waals surface area contributed by atoms with Crippen LogP contribution in [0.25, 0.3) is 17.0 Å². The van der Waals surface area contributed by atoms with Gasteiger partial charge in [-0.15, -0.1) is 0 Å².